The molecule has 2 aromatic rings. The Labute approximate surface area is 173 Å². The van der Waals surface area contributed by atoms with Crippen molar-refractivity contribution in [1.29, 1.82) is 0 Å². The smallest absolute Gasteiger partial charge is 0.411 e. The molecule has 0 saturated carbocycles. The molecule has 2 bridgehead atoms. The van der Waals surface area contributed by atoms with Gasteiger partial charge in [0.05, 0.1) is 10.7 Å². The molecule has 2 unspecified atom stereocenters. The minimum atomic E-state index is -0.502. The minimum Gasteiger partial charge on any atom is -0.446 e. The van der Waals surface area contributed by atoms with Gasteiger partial charge in [0, 0.05) is 35.5 Å². The number of piperidine rings is 1. The molecule has 2 aliphatic heterocycles. The number of carbonyl (C=O) groups excluding carboxylic acids is 1. The average molecular weight is 423 g/mol. The Balaban J connectivity index is 1.50. The second-order valence-corrected chi connectivity index (χ2v) is 8.34. The minimum absolute atomic E-state index is 0.00722. The zero-order chi connectivity index (χ0) is 19.8. The van der Waals surface area contributed by atoms with Crippen molar-refractivity contribution in [3.05, 3.63) is 52.3 Å². The molecule has 0 spiro atoms. The standard InChI is InChI=1S/C21H21Cl2FN2O2/c1-26-14-4-5-15(26)11-16(10-14)28-21(27)25-20-7-3-13(22)9-17(20)12-2-6-19(24)18(23)8-12/h2-3,6-9,14-16H,4-5,10-11H2,1H3,(H,25,27). The molecule has 0 aliphatic carbocycles. The lowest BCUT2D eigenvalue weighted by Crippen LogP contribution is -2.43. The third-order valence-corrected chi connectivity index (χ3v) is 6.30. The summed E-state index contributed by atoms with van der Waals surface area (Å²) in [6, 6.07) is 10.5. The second-order valence-electron chi connectivity index (χ2n) is 7.49. The Morgan fingerprint density at radius 1 is 1.14 bits per heavy atom. The maximum atomic E-state index is 13.5. The van der Waals surface area contributed by atoms with Gasteiger partial charge in [-0.15, -0.1) is 0 Å². The molecule has 2 atom stereocenters. The highest BCUT2D eigenvalue weighted by Crippen LogP contribution is 2.36. The Bertz CT molecular complexity index is 894. The van der Waals surface area contributed by atoms with Crippen LogP contribution >= 0.6 is 23.2 Å². The van der Waals surface area contributed by atoms with Crippen molar-refractivity contribution in [2.24, 2.45) is 0 Å². The molecular weight excluding hydrogens is 402 g/mol. The van der Waals surface area contributed by atoms with Gasteiger partial charge in [0.15, 0.2) is 0 Å². The summed E-state index contributed by atoms with van der Waals surface area (Å²) in [5.74, 6) is -0.502. The van der Waals surface area contributed by atoms with Crippen LogP contribution in [0.5, 0.6) is 0 Å². The maximum Gasteiger partial charge on any atom is 0.411 e. The van der Waals surface area contributed by atoms with Gasteiger partial charge in [0.2, 0.25) is 0 Å². The molecule has 1 amide bonds. The van der Waals surface area contributed by atoms with Gasteiger partial charge in [-0.3, -0.25) is 5.32 Å². The first-order valence-corrected chi connectivity index (χ1v) is 10.1. The summed E-state index contributed by atoms with van der Waals surface area (Å²) < 4.78 is 19.2. The number of ether oxygens (including phenoxy) is 1. The molecule has 2 aliphatic rings. The molecular formula is C21H21Cl2FN2O2. The summed E-state index contributed by atoms with van der Waals surface area (Å²) in [6.07, 6.45) is 3.48. The van der Waals surface area contributed by atoms with Crippen LogP contribution in [0.2, 0.25) is 10.0 Å². The monoisotopic (exact) mass is 422 g/mol. The van der Waals surface area contributed by atoms with Crippen LogP contribution in [0.1, 0.15) is 25.7 Å². The van der Waals surface area contributed by atoms with E-state index in [0.29, 0.717) is 33.9 Å². The van der Waals surface area contributed by atoms with Gasteiger partial charge in [-0.05, 0) is 55.8 Å². The lowest BCUT2D eigenvalue weighted by Gasteiger charge is -2.35. The van der Waals surface area contributed by atoms with Gasteiger partial charge in [0.1, 0.15) is 11.9 Å². The van der Waals surface area contributed by atoms with Gasteiger partial charge in [0.25, 0.3) is 0 Å². The first-order chi connectivity index (χ1) is 13.4. The number of hydrogen-bond donors (Lipinski definition) is 1. The number of nitrogens with one attached hydrogen (secondary N) is 1. The summed E-state index contributed by atoms with van der Waals surface area (Å²) in [4.78, 5) is 14.9. The molecule has 2 aromatic carbocycles. The van der Waals surface area contributed by atoms with Crippen molar-refractivity contribution in [3.63, 3.8) is 0 Å². The summed E-state index contributed by atoms with van der Waals surface area (Å²) in [6.45, 7) is 0. The van der Waals surface area contributed by atoms with E-state index in [-0.39, 0.29) is 11.1 Å². The number of carbonyl (C=O) groups is 1. The van der Waals surface area contributed by atoms with E-state index in [0.717, 1.165) is 25.7 Å². The first-order valence-electron chi connectivity index (χ1n) is 9.35. The van der Waals surface area contributed by atoms with E-state index in [1.807, 2.05) is 0 Å². The van der Waals surface area contributed by atoms with Crippen LogP contribution in [0.15, 0.2) is 36.4 Å². The van der Waals surface area contributed by atoms with E-state index < -0.39 is 11.9 Å². The fourth-order valence-corrected chi connectivity index (χ4v) is 4.63. The molecule has 0 radical (unpaired) electrons. The highest BCUT2D eigenvalue weighted by molar-refractivity contribution is 6.31. The Hall–Kier alpha value is -1.82. The summed E-state index contributed by atoms with van der Waals surface area (Å²) in [5, 5.41) is 3.32. The molecule has 2 heterocycles. The van der Waals surface area contributed by atoms with Crippen LogP contribution in [-0.2, 0) is 4.74 Å². The zero-order valence-electron chi connectivity index (χ0n) is 15.4. The fourth-order valence-electron chi connectivity index (χ4n) is 4.28. The molecule has 148 valence electrons. The number of halogens is 3. The molecule has 7 heteroatoms. The normalized spacial score (nSPS) is 24.2. The van der Waals surface area contributed by atoms with Crippen LogP contribution < -0.4 is 5.32 Å². The van der Waals surface area contributed by atoms with Crippen LogP contribution in [0.3, 0.4) is 0 Å². The number of anilines is 1. The van der Waals surface area contributed by atoms with Gasteiger partial charge in [-0.25, -0.2) is 9.18 Å². The van der Waals surface area contributed by atoms with E-state index >= 15 is 0 Å². The number of fused-ring (bicyclic) bond motifs is 2. The second kappa shape index (κ2) is 7.90. The number of benzene rings is 2. The van der Waals surface area contributed by atoms with Crippen molar-refractivity contribution in [1.82, 2.24) is 4.90 Å². The van der Waals surface area contributed by atoms with Gasteiger partial charge < -0.3 is 9.64 Å². The third-order valence-electron chi connectivity index (χ3n) is 5.78. The van der Waals surface area contributed by atoms with Crippen LogP contribution in [-0.4, -0.2) is 36.2 Å². The molecule has 2 fully saturated rings. The molecule has 4 rings (SSSR count). The van der Waals surface area contributed by atoms with E-state index in [4.69, 9.17) is 27.9 Å². The summed E-state index contributed by atoms with van der Waals surface area (Å²) >= 11 is 12.0. The topological polar surface area (TPSA) is 41.6 Å². The molecule has 28 heavy (non-hydrogen) atoms. The van der Waals surface area contributed by atoms with Crippen molar-refractivity contribution >= 4 is 35.0 Å². The fraction of sp³-hybridized carbons (Fsp3) is 0.381. The lowest BCUT2D eigenvalue weighted by molar-refractivity contribution is 0.0348. The maximum absolute atomic E-state index is 13.5. The number of nitrogens with zero attached hydrogens (tertiary/aromatic N) is 1. The van der Waals surface area contributed by atoms with Crippen molar-refractivity contribution in [2.45, 2.75) is 43.9 Å². The van der Waals surface area contributed by atoms with Crippen LogP contribution in [0.4, 0.5) is 14.9 Å². The lowest BCUT2D eigenvalue weighted by atomic mass is 10.0. The van der Waals surface area contributed by atoms with Crippen molar-refractivity contribution in [2.75, 3.05) is 12.4 Å². The predicted octanol–water partition coefficient (Wildman–Crippen LogP) is 5.97. The predicted molar refractivity (Wildman–Crippen MR) is 110 cm³/mol. The SMILES string of the molecule is CN1C2CCC1CC(OC(=O)Nc1ccc(Cl)cc1-c1ccc(F)c(Cl)c1)C2. The third kappa shape index (κ3) is 3.97. The first kappa shape index (κ1) is 19.5. The number of hydrogen-bond acceptors (Lipinski definition) is 3. The zero-order valence-corrected chi connectivity index (χ0v) is 16.9. The van der Waals surface area contributed by atoms with Gasteiger partial charge in [-0.2, -0.15) is 0 Å². The van der Waals surface area contributed by atoms with Crippen molar-refractivity contribution < 1.29 is 13.9 Å². The number of amides is 1. The highest BCUT2D eigenvalue weighted by Gasteiger charge is 2.39. The largest absolute Gasteiger partial charge is 0.446 e. The highest BCUT2D eigenvalue weighted by atomic mass is 35.5. The Morgan fingerprint density at radius 3 is 2.54 bits per heavy atom. The Kier molecular flexibility index (Phi) is 5.50. The quantitative estimate of drug-likeness (QED) is 0.661. The van der Waals surface area contributed by atoms with E-state index in [2.05, 4.69) is 17.3 Å². The van der Waals surface area contributed by atoms with E-state index in [9.17, 15) is 9.18 Å². The molecule has 2 saturated heterocycles. The van der Waals surface area contributed by atoms with Gasteiger partial charge in [-0.1, -0.05) is 29.3 Å². The summed E-state index contributed by atoms with van der Waals surface area (Å²) in [5.41, 5.74) is 1.84. The molecule has 0 aromatic heterocycles. The van der Waals surface area contributed by atoms with Gasteiger partial charge >= 0.3 is 6.09 Å². The average Bonchev–Trinajstić information content (AvgIpc) is 2.87. The number of rotatable bonds is 3. The molecule has 4 nitrogen and oxygen atoms in total. The van der Waals surface area contributed by atoms with E-state index in [1.165, 1.54) is 12.1 Å². The van der Waals surface area contributed by atoms with Crippen LogP contribution in [0.25, 0.3) is 11.1 Å². The van der Waals surface area contributed by atoms with Crippen molar-refractivity contribution in [3.8, 4) is 11.1 Å². The Morgan fingerprint density at radius 2 is 1.86 bits per heavy atom. The summed E-state index contributed by atoms with van der Waals surface area (Å²) in [7, 11) is 2.15. The molecule has 1 N–H and O–H groups in total. The van der Waals surface area contributed by atoms with Crippen LogP contribution in [0, 0.1) is 5.82 Å². The van der Waals surface area contributed by atoms with E-state index in [1.54, 1.807) is 24.3 Å².